The molecule has 7 nitrogen and oxygen atoms in total. The Morgan fingerprint density at radius 3 is 2.21 bits per heavy atom. The fourth-order valence-corrected chi connectivity index (χ4v) is 4.90. The largest absolute Gasteiger partial charge is 0.342 e. The van der Waals surface area contributed by atoms with Crippen LogP contribution in [-0.2, 0) is 4.79 Å². The first-order valence-electron chi connectivity index (χ1n) is 10.6. The number of rotatable bonds is 3. The van der Waals surface area contributed by atoms with Crippen LogP contribution in [0.1, 0.15) is 48.9 Å². The van der Waals surface area contributed by atoms with Gasteiger partial charge in [-0.3, -0.25) is 14.4 Å². The van der Waals surface area contributed by atoms with Gasteiger partial charge in [0.05, 0.1) is 0 Å². The summed E-state index contributed by atoms with van der Waals surface area (Å²) in [5, 5.41) is 0. The molecule has 0 radical (unpaired) electrons. The number of pyridine rings is 1. The Hall–Kier alpha value is -2.15. The number of carbonyl (C=O) groups is 2. The van der Waals surface area contributed by atoms with Crippen molar-refractivity contribution in [1.82, 2.24) is 19.7 Å². The number of likely N-dealkylation sites (tertiary alicyclic amines) is 3. The molecule has 0 unspecified atom stereocenters. The lowest BCUT2D eigenvalue weighted by molar-refractivity contribution is -0.136. The zero-order valence-electron chi connectivity index (χ0n) is 16.4. The maximum atomic E-state index is 12.6. The highest BCUT2D eigenvalue weighted by Gasteiger charge is 2.34. The topological polar surface area (TPSA) is 76.7 Å². The van der Waals surface area contributed by atoms with Gasteiger partial charge in [0.25, 0.3) is 11.5 Å². The second kappa shape index (κ2) is 8.47. The molecule has 0 bridgehead atoms. The first-order chi connectivity index (χ1) is 13.6. The zero-order chi connectivity index (χ0) is 19.5. The summed E-state index contributed by atoms with van der Waals surface area (Å²) < 4.78 is 0. The number of carbonyl (C=O) groups excluding carboxylic acids is 2. The third-order valence-corrected chi connectivity index (χ3v) is 6.61. The van der Waals surface area contributed by atoms with Gasteiger partial charge in [-0.1, -0.05) is 0 Å². The summed E-state index contributed by atoms with van der Waals surface area (Å²) in [4.78, 5) is 46.0. The summed E-state index contributed by atoms with van der Waals surface area (Å²) >= 11 is 0. The van der Waals surface area contributed by atoms with E-state index in [4.69, 9.17) is 0 Å². The monoisotopic (exact) mass is 386 g/mol. The van der Waals surface area contributed by atoms with Gasteiger partial charge in [-0.2, -0.15) is 0 Å². The van der Waals surface area contributed by atoms with Crippen molar-refractivity contribution in [3.05, 3.63) is 34.2 Å². The Bertz CT molecular complexity index is 755. The van der Waals surface area contributed by atoms with Gasteiger partial charge in [0.15, 0.2) is 0 Å². The number of H-pyrrole nitrogens is 1. The Morgan fingerprint density at radius 1 is 0.893 bits per heavy atom. The van der Waals surface area contributed by atoms with Gasteiger partial charge in [0.2, 0.25) is 5.91 Å². The van der Waals surface area contributed by atoms with Crippen molar-refractivity contribution in [3.8, 4) is 0 Å². The Kier molecular flexibility index (Phi) is 5.80. The second-order valence-corrected chi connectivity index (χ2v) is 8.28. The van der Waals surface area contributed by atoms with E-state index in [0.717, 1.165) is 64.7 Å². The molecule has 3 fully saturated rings. The van der Waals surface area contributed by atoms with Crippen LogP contribution < -0.4 is 5.56 Å². The number of nitrogens with one attached hydrogen (secondary N) is 1. The quantitative estimate of drug-likeness (QED) is 0.850. The lowest BCUT2D eigenvalue weighted by Gasteiger charge is -2.42. The van der Waals surface area contributed by atoms with E-state index in [0.29, 0.717) is 25.0 Å². The maximum Gasteiger partial charge on any atom is 0.260 e. The average molecular weight is 386 g/mol. The van der Waals surface area contributed by atoms with E-state index in [2.05, 4.69) is 14.8 Å². The van der Waals surface area contributed by atoms with Crippen molar-refractivity contribution >= 4 is 11.8 Å². The molecule has 0 atom stereocenters. The molecular formula is C21H30N4O3. The average Bonchev–Trinajstić information content (AvgIpc) is 3.28. The standard InChI is InChI=1S/C21H30N4O3/c26-19-18(4-3-9-22-19)21(28)25-14-7-17(8-15-25)23-12-5-16(6-13-23)20(27)24-10-1-2-11-24/h3-4,9,16-17H,1-2,5-8,10-15H2,(H,22,26). The maximum absolute atomic E-state index is 12.6. The molecule has 7 heteroatoms. The van der Waals surface area contributed by atoms with Gasteiger partial charge in [0.1, 0.15) is 5.56 Å². The summed E-state index contributed by atoms with van der Waals surface area (Å²) in [6.07, 6.45) is 7.61. The van der Waals surface area contributed by atoms with Crippen molar-refractivity contribution < 1.29 is 9.59 Å². The molecule has 2 amide bonds. The van der Waals surface area contributed by atoms with E-state index in [1.807, 2.05) is 0 Å². The second-order valence-electron chi connectivity index (χ2n) is 8.28. The highest BCUT2D eigenvalue weighted by atomic mass is 16.2. The van der Waals surface area contributed by atoms with Crippen LogP contribution in [0.15, 0.2) is 23.1 Å². The minimum absolute atomic E-state index is 0.171. The Morgan fingerprint density at radius 2 is 1.57 bits per heavy atom. The molecule has 1 aromatic rings. The molecule has 0 aliphatic carbocycles. The zero-order valence-corrected chi connectivity index (χ0v) is 16.4. The number of aromatic nitrogens is 1. The van der Waals surface area contributed by atoms with Crippen LogP contribution in [-0.4, -0.2) is 76.8 Å². The Balaban J connectivity index is 1.26. The normalized spacial score (nSPS) is 22.6. The predicted octanol–water partition coefficient (Wildman–Crippen LogP) is 1.31. The molecule has 0 spiro atoms. The summed E-state index contributed by atoms with van der Waals surface area (Å²) in [6.45, 7) is 5.20. The van der Waals surface area contributed by atoms with Crippen LogP contribution in [0, 0.1) is 5.92 Å². The van der Waals surface area contributed by atoms with E-state index >= 15 is 0 Å². The lowest BCUT2D eigenvalue weighted by atomic mass is 9.92. The smallest absolute Gasteiger partial charge is 0.260 e. The summed E-state index contributed by atoms with van der Waals surface area (Å²) in [5.41, 5.74) is -0.0958. The molecule has 28 heavy (non-hydrogen) atoms. The van der Waals surface area contributed by atoms with Crippen LogP contribution in [0.4, 0.5) is 0 Å². The van der Waals surface area contributed by atoms with E-state index in [-0.39, 0.29) is 22.9 Å². The molecule has 3 saturated heterocycles. The fraction of sp³-hybridized carbons (Fsp3) is 0.667. The minimum atomic E-state index is -0.320. The lowest BCUT2D eigenvalue weighted by Crippen LogP contribution is -2.50. The van der Waals surface area contributed by atoms with Crippen molar-refractivity contribution in [3.63, 3.8) is 0 Å². The van der Waals surface area contributed by atoms with Gasteiger partial charge in [0, 0.05) is 44.3 Å². The first-order valence-corrected chi connectivity index (χ1v) is 10.6. The molecule has 152 valence electrons. The van der Waals surface area contributed by atoms with E-state index in [1.165, 1.54) is 0 Å². The molecule has 1 N–H and O–H groups in total. The van der Waals surface area contributed by atoms with Crippen molar-refractivity contribution in [2.24, 2.45) is 5.92 Å². The van der Waals surface area contributed by atoms with Crippen molar-refractivity contribution in [2.75, 3.05) is 39.3 Å². The van der Waals surface area contributed by atoms with E-state index in [9.17, 15) is 14.4 Å². The van der Waals surface area contributed by atoms with Crippen LogP contribution in [0.2, 0.25) is 0 Å². The predicted molar refractivity (Wildman–Crippen MR) is 106 cm³/mol. The number of hydrogen-bond donors (Lipinski definition) is 1. The molecule has 4 heterocycles. The Labute approximate surface area is 165 Å². The van der Waals surface area contributed by atoms with Crippen LogP contribution >= 0.6 is 0 Å². The van der Waals surface area contributed by atoms with Crippen LogP contribution in [0.25, 0.3) is 0 Å². The highest BCUT2D eigenvalue weighted by Crippen LogP contribution is 2.26. The molecule has 1 aromatic heterocycles. The van der Waals surface area contributed by atoms with Crippen LogP contribution in [0.5, 0.6) is 0 Å². The molecule has 4 rings (SSSR count). The van der Waals surface area contributed by atoms with Gasteiger partial charge in [-0.05, 0) is 63.7 Å². The van der Waals surface area contributed by atoms with Gasteiger partial charge in [-0.25, -0.2) is 0 Å². The number of amides is 2. The van der Waals surface area contributed by atoms with E-state index in [1.54, 1.807) is 23.2 Å². The number of aromatic amines is 1. The molecule has 0 aromatic carbocycles. The summed E-state index contributed by atoms with van der Waals surface area (Å²) in [5.74, 6) is 0.390. The van der Waals surface area contributed by atoms with Gasteiger partial charge in [-0.15, -0.1) is 0 Å². The third-order valence-electron chi connectivity index (χ3n) is 6.61. The fourth-order valence-electron chi connectivity index (χ4n) is 4.90. The number of hydrogen-bond acceptors (Lipinski definition) is 4. The number of piperidine rings is 2. The molecule has 3 aliphatic rings. The van der Waals surface area contributed by atoms with Crippen LogP contribution in [0.3, 0.4) is 0 Å². The molecule has 3 aliphatic heterocycles. The number of nitrogens with zero attached hydrogens (tertiary/aromatic N) is 3. The molecule has 0 saturated carbocycles. The third kappa shape index (κ3) is 3.99. The van der Waals surface area contributed by atoms with Gasteiger partial charge >= 0.3 is 0 Å². The summed E-state index contributed by atoms with van der Waals surface area (Å²) in [6, 6.07) is 3.76. The van der Waals surface area contributed by atoms with Crippen molar-refractivity contribution in [2.45, 2.75) is 44.6 Å². The highest BCUT2D eigenvalue weighted by molar-refractivity contribution is 5.93. The van der Waals surface area contributed by atoms with Crippen molar-refractivity contribution in [1.29, 1.82) is 0 Å². The first kappa shape index (κ1) is 19.2. The SMILES string of the molecule is O=C(c1ccc[nH]c1=O)N1CCC(N2CCC(C(=O)N3CCCC3)CC2)CC1. The summed E-state index contributed by atoms with van der Waals surface area (Å²) in [7, 11) is 0. The van der Waals surface area contributed by atoms with E-state index < -0.39 is 0 Å². The minimum Gasteiger partial charge on any atom is -0.342 e. The van der Waals surface area contributed by atoms with Gasteiger partial charge < -0.3 is 19.7 Å². The molecular weight excluding hydrogens is 356 g/mol.